The number of likely N-dealkylation sites (tertiary alicyclic amines) is 1. The molecule has 2 rings (SSSR count). The van der Waals surface area contributed by atoms with E-state index in [9.17, 15) is 14.7 Å². The fraction of sp³-hybridized carbons (Fsp3) is 0.467. The summed E-state index contributed by atoms with van der Waals surface area (Å²) < 4.78 is 0. The van der Waals surface area contributed by atoms with E-state index >= 15 is 0 Å². The molecule has 1 aliphatic heterocycles. The second-order valence-electron chi connectivity index (χ2n) is 5.66. The Bertz CT molecular complexity index is 558. The van der Waals surface area contributed by atoms with Gasteiger partial charge in [-0.2, -0.15) is 0 Å². The van der Waals surface area contributed by atoms with Gasteiger partial charge < -0.3 is 10.0 Å². The van der Waals surface area contributed by atoms with Crippen molar-refractivity contribution in [1.82, 2.24) is 4.90 Å². The zero-order chi connectivity index (χ0) is 14.9. The first kappa shape index (κ1) is 14.9. The molecule has 1 unspecified atom stereocenters. The molecule has 108 valence electrons. The summed E-state index contributed by atoms with van der Waals surface area (Å²) in [5.74, 6) is -1.00. The number of piperidine rings is 1. The monoisotopic (exact) mass is 295 g/mol. The van der Waals surface area contributed by atoms with E-state index in [4.69, 9.17) is 11.6 Å². The molecule has 1 heterocycles. The predicted molar refractivity (Wildman–Crippen MR) is 77.1 cm³/mol. The summed E-state index contributed by atoms with van der Waals surface area (Å²) in [6, 6.07) is 5.18. The maximum absolute atomic E-state index is 12.4. The number of rotatable bonds is 2. The van der Waals surface area contributed by atoms with Gasteiger partial charge in [-0.25, -0.2) is 0 Å². The highest BCUT2D eigenvalue weighted by atomic mass is 35.5. The van der Waals surface area contributed by atoms with Crippen LogP contribution in [0.3, 0.4) is 0 Å². The van der Waals surface area contributed by atoms with Gasteiger partial charge in [0, 0.05) is 23.7 Å². The lowest BCUT2D eigenvalue weighted by atomic mass is 9.82. The standard InChI is InChI=1S/C15H18ClNO3/c1-10-4-5-11(8-12(10)16)13(18)17-7-3-6-15(2,9-17)14(19)20/h4-5,8H,3,6-7,9H2,1-2H3,(H,19,20). The molecule has 0 aromatic heterocycles. The molecular formula is C15H18ClNO3. The molecule has 1 atom stereocenters. The Labute approximate surface area is 123 Å². The minimum atomic E-state index is -0.859. The van der Waals surface area contributed by atoms with Crippen molar-refractivity contribution in [3.05, 3.63) is 34.3 Å². The third kappa shape index (κ3) is 2.80. The first-order valence-electron chi connectivity index (χ1n) is 6.62. The number of carboxylic acid groups (broad SMARTS) is 1. The first-order chi connectivity index (χ1) is 9.33. The van der Waals surface area contributed by atoms with E-state index in [2.05, 4.69) is 0 Å². The van der Waals surface area contributed by atoms with Crippen LogP contribution >= 0.6 is 11.6 Å². The molecule has 0 aliphatic carbocycles. The normalized spacial score (nSPS) is 22.6. The second kappa shape index (κ2) is 5.44. The quantitative estimate of drug-likeness (QED) is 0.912. The number of nitrogens with zero attached hydrogens (tertiary/aromatic N) is 1. The van der Waals surface area contributed by atoms with Crippen LogP contribution in [0, 0.1) is 12.3 Å². The molecule has 20 heavy (non-hydrogen) atoms. The largest absolute Gasteiger partial charge is 0.481 e. The highest BCUT2D eigenvalue weighted by molar-refractivity contribution is 6.31. The van der Waals surface area contributed by atoms with Crippen molar-refractivity contribution in [2.75, 3.05) is 13.1 Å². The summed E-state index contributed by atoms with van der Waals surface area (Å²) in [5, 5.41) is 9.84. The van der Waals surface area contributed by atoms with Crippen LogP contribution in [0.2, 0.25) is 5.02 Å². The zero-order valence-corrected chi connectivity index (χ0v) is 12.4. The van der Waals surface area contributed by atoms with Crippen molar-refractivity contribution >= 4 is 23.5 Å². The Morgan fingerprint density at radius 1 is 1.40 bits per heavy atom. The number of amides is 1. The van der Waals surface area contributed by atoms with Crippen molar-refractivity contribution in [2.24, 2.45) is 5.41 Å². The number of aryl methyl sites for hydroxylation is 1. The third-order valence-corrected chi connectivity index (χ3v) is 4.33. The molecule has 5 heteroatoms. The van der Waals surface area contributed by atoms with Crippen LogP contribution in [0.1, 0.15) is 35.7 Å². The van der Waals surface area contributed by atoms with Crippen molar-refractivity contribution in [3.63, 3.8) is 0 Å². The minimum absolute atomic E-state index is 0.154. The Balaban J connectivity index is 2.20. The molecule has 1 aliphatic rings. The SMILES string of the molecule is Cc1ccc(C(=O)N2CCCC(C)(C(=O)O)C2)cc1Cl. The third-order valence-electron chi connectivity index (χ3n) is 3.92. The molecule has 0 spiro atoms. The fourth-order valence-corrected chi connectivity index (χ4v) is 2.68. The van der Waals surface area contributed by atoms with Crippen molar-refractivity contribution in [2.45, 2.75) is 26.7 Å². The maximum atomic E-state index is 12.4. The second-order valence-corrected chi connectivity index (χ2v) is 6.07. The topological polar surface area (TPSA) is 57.6 Å². The number of aliphatic carboxylic acids is 1. The van der Waals surface area contributed by atoms with Crippen LogP contribution in [0.4, 0.5) is 0 Å². The highest BCUT2D eigenvalue weighted by Crippen LogP contribution is 2.30. The average molecular weight is 296 g/mol. The number of carboxylic acids is 1. The summed E-state index contributed by atoms with van der Waals surface area (Å²) in [6.45, 7) is 4.40. The van der Waals surface area contributed by atoms with E-state index in [0.29, 0.717) is 30.0 Å². The Morgan fingerprint density at radius 3 is 2.70 bits per heavy atom. The Morgan fingerprint density at radius 2 is 2.10 bits per heavy atom. The lowest BCUT2D eigenvalue weighted by Gasteiger charge is -2.37. The smallest absolute Gasteiger partial charge is 0.311 e. The first-order valence-corrected chi connectivity index (χ1v) is 7.00. The molecule has 1 amide bonds. The molecule has 0 bridgehead atoms. The van der Waals surface area contributed by atoms with E-state index in [-0.39, 0.29) is 12.5 Å². The van der Waals surface area contributed by atoms with Crippen LogP contribution < -0.4 is 0 Å². The van der Waals surface area contributed by atoms with Crippen LogP contribution in [0.25, 0.3) is 0 Å². The zero-order valence-electron chi connectivity index (χ0n) is 11.6. The molecule has 1 saturated heterocycles. The maximum Gasteiger partial charge on any atom is 0.311 e. The van der Waals surface area contributed by atoms with Gasteiger partial charge in [-0.3, -0.25) is 9.59 Å². The fourth-order valence-electron chi connectivity index (χ4n) is 2.50. The van der Waals surface area contributed by atoms with Crippen molar-refractivity contribution < 1.29 is 14.7 Å². The molecule has 1 fully saturated rings. The molecule has 0 radical (unpaired) electrons. The molecule has 1 aromatic carbocycles. The summed E-state index contributed by atoms with van der Waals surface area (Å²) in [7, 11) is 0. The molecule has 1 N–H and O–H groups in total. The minimum Gasteiger partial charge on any atom is -0.481 e. The van der Waals surface area contributed by atoms with E-state index < -0.39 is 11.4 Å². The van der Waals surface area contributed by atoms with E-state index in [1.807, 2.05) is 6.92 Å². The van der Waals surface area contributed by atoms with E-state index in [0.717, 1.165) is 5.56 Å². The van der Waals surface area contributed by atoms with Gasteiger partial charge in [-0.1, -0.05) is 17.7 Å². The lowest BCUT2D eigenvalue weighted by Crippen LogP contribution is -2.48. The Hall–Kier alpha value is -1.55. The summed E-state index contributed by atoms with van der Waals surface area (Å²) >= 11 is 6.04. The van der Waals surface area contributed by atoms with Gasteiger partial charge in [-0.15, -0.1) is 0 Å². The van der Waals surface area contributed by atoms with Gasteiger partial charge >= 0.3 is 5.97 Å². The summed E-state index contributed by atoms with van der Waals surface area (Å²) in [4.78, 5) is 25.4. The molecule has 0 saturated carbocycles. The Kier molecular flexibility index (Phi) is 4.04. The van der Waals surface area contributed by atoms with Gasteiger partial charge in [-0.05, 0) is 44.4 Å². The number of hydrogen-bond acceptors (Lipinski definition) is 2. The number of halogens is 1. The number of hydrogen-bond donors (Lipinski definition) is 1. The highest BCUT2D eigenvalue weighted by Gasteiger charge is 2.39. The van der Waals surface area contributed by atoms with Crippen molar-refractivity contribution in [1.29, 1.82) is 0 Å². The number of benzene rings is 1. The summed E-state index contributed by atoms with van der Waals surface area (Å²) in [6.07, 6.45) is 1.30. The van der Waals surface area contributed by atoms with E-state index in [1.54, 1.807) is 30.0 Å². The number of carbonyl (C=O) groups is 2. The van der Waals surface area contributed by atoms with Gasteiger partial charge in [0.2, 0.25) is 0 Å². The summed E-state index contributed by atoms with van der Waals surface area (Å²) in [5.41, 5.74) is 0.565. The van der Waals surface area contributed by atoms with Crippen LogP contribution in [0.15, 0.2) is 18.2 Å². The van der Waals surface area contributed by atoms with Crippen LogP contribution in [-0.2, 0) is 4.79 Å². The lowest BCUT2D eigenvalue weighted by molar-refractivity contribution is -0.150. The van der Waals surface area contributed by atoms with Crippen LogP contribution in [-0.4, -0.2) is 35.0 Å². The van der Waals surface area contributed by atoms with Gasteiger partial charge in [0.25, 0.3) is 5.91 Å². The van der Waals surface area contributed by atoms with Gasteiger partial charge in [0.1, 0.15) is 0 Å². The van der Waals surface area contributed by atoms with Crippen molar-refractivity contribution in [3.8, 4) is 0 Å². The predicted octanol–water partition coefficient (Wildman–Crippen LogP) is 2.98. The van der Waals surface area contributed by atoms with Crippen LogP contribution in [0.5, 0.6) is 0 Å². The molecule has 1 aromatic rings. The number of carbonyl (C=O) groups excluding carboxylic acids is 1. The van der Waals surface area contributed by atoms with Gasteiger partial charge in [0.15, 0.2) is 0 Å². The average Bonchev–Trinajstić information content (AvgIpc) is 2.41. The molecular weight excluding hydrogens is 278 g/mol. The van der Waals surface area contributed by atoms with Gasteiger partial charge in [0.05, 0.1) is 5.41 Å². The van der Waals surface area contributed by atoms with E-state index in [1.165, 1.54) is 0 Å². The molecule has 4 nitrogen and oxygen atoms in total.